The molecule has 0 saturated heterocycles. The Labute approximate surface area is 167 Å². The van der Waals surface area contributed by atoms with E-state index in [1.807, 2.05) is 25.1 Å². The standard InChI is InChI=1S/C21H23F2N3O3/c1-4-29-18(28)10-17(14-6-5-12(2)15(9-14)11-27)16-7-8-26-20(13(16)3)24-25-21(26)19(22)23/h5-9,17,19,27H,4,10-11H2,1-3H3/t17-/m0/s1. The molecule has 2 aromatic heterocycles. The first kappa shape index (κ1) is 20.9. The molecule has 2 heterocycles. The van der Waals surface area contributed by atoms with Crippen LogP contribution in [0.3, 0.4) is 0 Å². The van der Waals surface area contributed by atoms with Gasteiger partial charge in [-0.15, -0.1) is 10.2 Å². The molecule has 1 N–H and O–H groups in total. The third-order valence-corrected chi connectivity index (χ3v) is 5.09. The minimum atomic E-state index is -2.74. The Balaban J connectivity index is 2.13. The maximum absolute atomic E-state index is 13.2. The van der Waals surface area contributed by atoms with Crippen molar-refractivity contribution in [1.82, 2.24) is 14.6 Å². The molecule has 0 aliphatic carbocycles. The smallest absolute Gasteiger partial charge is 0.306 e. The molecule has 0 unspecified atom stereocenters. The molecule has 8 heteroatoms. The predicted octanol–water partition coefficient (Wildman–Crippen LogP) is 3.86. The van der Waals surface area contributed by atoms with Crippen LogP contribution >= 0.6 is 0 Å². The Hall–Kier alpha value is -2.87. The van der Waals surface area contributed by atoms with Crippen molar-refractivity contribution in [2.45, 2.75) is 46.1 Å². The highest BCUT2D eigenvalue weighted by molar-refractivity contribution is 5.72. The van der Waals surface area contributed by atoms with Gasteiger partial charge in [-0.25, -0.2) is 8.78 Å². The fraction of sp³-hybridized carbons (Fsp3) is 0.381. The molecule has 1 atom stereocenters. The Morgan fingerprint density at radius 2 is 2.00 bits per heavy atom. The summed E-state index contributed by atoms with van der Waals surface area (Å²) in [6.07, 6.45) is -1.16. The maximum atomic E-state index is 13.2. The number of carbonyl (C=O) groups excluding carboxylic acids is 1. The van der Waals surface area contributed by atoms with Crippen LogP contribution in [-0.2, 0) is 16.1 Å². The van der Waals surface area contributed by atoms with Crippen LogP contribution in [0.1, 0.15) is 59.3 Å². The minimum Gasteiger partial charge on any atom is -0.466 e. The lowest BCUT2D eigenvalue weighted by molar-refractivity contribution is -0.143. The van der Waals surface area contributed by atoms with E-state index in [0.717, 1.165) is 22.3 Å². The van der Waals surface area contributed by atoms with Crippen molar-refractivity contribution in [3.63, 3.8) is 0 Å². The van der Waals surface area contributed by atoms with E-state index in [1.54, 1.807) is 19.9 Å². The van der Waals surface area contributed by atoms with Crippen LogP contribution in [0.25, 0.3) is 5.65 Å². The van der Waals surface area contributed by atoms with E-state index in [0.29, 0.717) is 11.2 Å². The quantitative estimate of drug-likeness (QED) is 0.606. The van der Waals surface area contributed by atoms with Crippen LogP contribution < -0.4 is 0 Å². The summed E-state index contributed by atoms with van der Waals surface area (Å²) in [5.74, 6) is -1.16. The number of halogens is 2. The SMILES string of the molecule is CCOC(=O)C[C@@H](c1ccc(C)c(CO)c1)c1ccn2c(C(F)F)nnc2c1C. The molecule has 29 heavy (non-hydrogen) atoms. The summed E-state index contributed by atoms with van der Waals surface area (Å²) in [6, 6.07) is 7.35. The molecule has 6 nitrogen and oxygen atoms in total. The molecule has 0 saturated carbocycles. The zero-order valence-corrected chi connectivity index (χ0v) is 16.5. The average molecular weight is 403 g/mol. The van der Waals surface area contributed by atoms with Gasteiger partial charge in [0.25, 0.3) is 6.43 Å². The van der Waals surface area contributed by atoms with Gasteiger partial charge in [0.05, 0.1) is 19.6 Å². The van der Waals surface area contributed by atoms with Gasteiger partial charge in [-0.1, -0.05) is 18.2 Å². The van der Waals surface area contributed by atoms with E-state index in [-0.39, 0.29) is 31.5 Å². The van der Waals surface area contributed by atoms with E-state index in [2.05, 4.69) is 10.2 Å². The Morgan fingerprint density at radius 1 is 1.24 bits per heavy atom. The first-order valence-electron chi connectivity index (χ1n) is 9.35. The lowest BCUT2D eigenvalue weighted by Gasteiger charge is -2.21. The average Bonchev–Trinajstić information content (AvgIpc) is 3.13. The molecular formula is C21H23F2N3O3. The van der Waals surface area contributed by atoms with Crippen LogP contribution in [0.4, 0.5) is 8.78 Å². The van der Waals surface area contributed by atoms with Crippen molar-refractivity contribution >= 4 is 11.6 Å². The number of hydrogen-bond acceptors (Lipinski definition) is 5. The molecule has 0 fully saturated rings. The third kappa shape index (κ3) is 4.12. The molecule has 0 aliphatic rings. The highest BCUT2D eigenvalue weighted by Gasteiger charge is 2.25. The zero-order valence-electron chi connectivity index (χ0n) is 16.5. The number of hydrogen-bond donors (Lipinski definition) is 1. The number of benzene rings is 1. The lowest BCUT2D eigenvalue weighted by atomic mass is 9.85. The molecule has 3 aromatic rings. The van der Waals surface area contributed by atoms with Crippen LogP contribution in [0, 0.1) is 13.8 Å². The summed E-state index contributed by atoms with van der Waals surface area (Å²) < 4.78 is 32.7. The topological polar surface area (TPSA) is 76.7 Å². The van der Waals surface area contributed by atoms with Crippen molar-refractivity contribution in [3.8, 4) is 0 Å². The van der Waals surface area contributed by atoms with Crippen LogP contribution in [-0.4, -0.2) is 32.3 Å². The van der Waals surface area contributed by atoms with Crippen molar-refractivity contribution < 1.29 is 23.4 Å². The fourth-order valence-corrected chi connectivity index (χ4v) is 3.51. The number of aliphatic hydroxyl groups excluding tert-OH is 1. The number of aromatic nitrogens is 3. The van der Waals surface area contributed by atoms with Crippen molar-refractivity contribution in [1.29, 1.82) is 0 Å². The van der Waals surface area contributed by atoms with Gasteiger partial charge in [0.15, 0.2) is 5.65 Å². The van der Waals surface area contributed by atoms with Gasteiger partial charge in [0.1, 0.15) is 0 Å². The second-order valence-corrected chi connectivity index (χ2v) is 6.85. The summed E-state index contributed by atoms with van der Waals surface area (Å²) in [7, 11) is 0. The number of carbonyl (C=O) groups is 1. The fourth-order valence-electron chi connectivity index (χ4n) is 3.51. The molecule has 0 spiro atoms. The van der Waals surface area contributed by atoms with Gasteiger partial charge in [0, 0.05) is 12.1 Å². The van der Waals surface area contributed by atoms with Crippen LogP contribution in [0.15, 0.2) is 30.5 Å². The monoisotopic (exact) mass is 403 g/mol. The summed E-state index contributed by atoms with van der Waals surface area (Å²) >= 11 is 0. The number of alkyl halides is 2. The largest absolute Gasteiger partial charge is 0.466 e. The summed E-state index contributed by atoms with van der Waals surface area (Å²) in [5, 5.41) is 17.1. The molecule has 0 bridgehead atoms. The number of esters is 1. The van der Waals surface area contributed by atoms with E-state index < -0.39 is 12.2 Å². The van der Waals surface area contributed by atoms with Gasteiger partial charge in [-0.2, -0.15) is 0 Å². The number of fused-ring (bicyclic) bond motifs is 1. The Kier molecular flexibility index (Phi) is 6.22. The highest BCUT2D eigenvalue weighted by atomic mass is 19.3. The normalized spacial score (nSPS) is 12.5. The zero-order chi connectivity index (χ0) is 21.1. The molecule has 0 radical (unpaired) electrons. The highest BCUT2D eigenvalue weighted by Crippen LogP contribution is 2.34. The minimum absolute atomic E-state index is 0.0780. The number of aliphatic hydroxyl groups is 1. The molecule has 3 rings (SSSR count). The molecule has 0 aliphatic heterocycles. The van der Waals surface area contributed by atoms with E-state index in [1.165, 1.54) is 10.6 Å². The number of aryl methyl sites for hydroxylation is 2. The summed E-state index contributed by atoms with van der Waals surface area (Å²) in [4.78, 5) is 12.3. The van der Waals surface area contributed by atoms with Crippen molar-refractivity contribution in [2.24, 2.45) is 0 Å². The van der Waals surface area contributed by atoms with Crippen LogP contribution in [0.2, 0.25) is 0 Å². The summed E-state index contributed by atoms with van der Waals surface area (Å²) in [6.45, 7) is 5.55. The van der Waals surface area contributed by atoms with Crippen molar-refractivity contribution in [3.05, 3.63) is 64.1 Å². The number of pyridine rings is 1. The van der Waals surface area contributed by atoms with Gasteiger partial charge < -0.3 is 9.84 Å². The van der Waals surface area contributed by atoms with E-state index in [4.69, 9.17) is 4.74 Å². The molecular weight excluding hydrogens is 380 g/mol. The number of nitrogens with zero attached hydrogens (tertiary/aromatic N) is 3. The van der Waals surface area contributed by atoms with Gasteiger partial charge in [-0.3, -0.25) is 9.20 Å². The molecule has 154 valence electrons. The van der Waals surface area contributed by atoms with Gasteiger partial charge in [0.2, 0.25) is 5.82 Å². The van der Waals surface area contributed by atoms with Crippen LogP contribution in [0.5, 0.6) is 0 Å². The third-order valence-electron chi connectivity index (χ3n) is 5.09. The van der Waals surface area contributed by atoms with E-state index in [9.17, 15) is 18.7 Å². The predicted molar refractivity (Wildman–Crippen MR) is 103 cm³/mol. The second kappa shape index (κ2) is 8.65. The first-order valence-corrected chi connectivity index (χ1v) is 9.35. The number of rotatable bonds is 7. The van der Waals surface area contributed by atoms with E-state index >= 15 is 0 Å². The Bertz CT molecular complexity index is 1030. The first-order chi connectivity index (χ1) is 13.9. The maximum Gasteiger partial charge on any atom is 0.306 e. The number of ether oxygens (including phenoxy) is 1. The molecule has 0 amide bonds. The second-order valence-electron chi connectivity index (χ2n) is 6.85. The summed E-state index contributed by atoms with van der Waals surface area (Å²) in [5.41, 5.74) is 4.28. The van der Waals surface area contributed by atoms with Gasteiger partial charge in [-0.05, 0) is 54.7 Å². The Morgan fingerprint density at radius 3 is 2.66 bits per heavy atom. The lowest BCUT2D eigenvalue weighted by Crippen LogP contribution is -2.14. The van der Waals surface area contributed by atoms with Gasteiger partial charge >= 0.3 is 5.97 Å². The van der Waals surface area contributed by atoms with Crippen molar-refractivity contribution in [2.75, 3.05) is 6.61 Å². The molecule has 1 aromatic carbocycles.